The van der Waals surface area contributed by atoms with E-state index in [-0.39, 0.29) is 12.1 Å². The van der Waals surface area contributed by atoms with Gasteiger partial charge in [0.15, 0.2) is 0 Å². The van der Waals surface area contributed by atoms with Crippen molar-refractivity contribution in [1.29, 1.82) is 0 Å². The number of esters is 1. The smallest absolute Gasteiger partial charge is 0.319 e. The van der Waals surface area contributed by atoms with Crippen LogP contribution in [0, 0.1) is 10.1 Å². The summed E-state index contributed by atoms with van der Waals surface area (Å²) < 4.78 is 9.67. The molecule has 0 spiro atoms. The van der Waals surface area contributed by atoms with Gasteiger partial charge in [-0.05, 0) is 12.5 Å². The minimum absolute atomic E-state index is 0.0460. The number of nitro groups is 1. The maximum Gasteiger partial charge on any atom is 0.319 e. The number of hydrogen-bond donors (Lipinski definition) is 0. The van der Waals surface area contributed by atoms with Gasteiger partial charge in [-0.1, -0.05) is 15.9 Å². The molecule has 0 amide bonds. The SMILES string of the molecule is COC(=O)C(Br)Cc1cc([N+](=O)[O-])ccc1OC. The normalized spacial score (nSPS) is 11.7. The standard InChI is InChI=1S/C11H12BrNO5/c1-17-10-4-3-8(13(15)16)5-7(10)6-9(12)11(14)18-2/h3-5,9H,6H2,1-2H3. The van der Waals surface area contributed by atoms with E-state index in [0.29, 0.717) is 11.3 Å². The van der Waals surface area contributed by atoms with Crippen LogP contribution < -0.4 is 4.74 Å². The molecule has 0 bridgehead atoms. The molecule has 1 aromatic rings. The number of carbonyl (C=O) groups excluding carboxylic acids is 1. The Hall–Kier alpha value is -1.63. The summed E-state index contributed by atoms with van der Waals surface area (Å²) in [6.07, 6.45) is 0.248. The predicted octanol–water partition coefficient (Wildman–Crippen LogP) is 2.08. The molecule has 0 aliphatic carbocycles. The van der Waals surface area contributed by atoms with E-state index in [1.807, 2.05) is 0 Å². The Morgan fingerprint density at radius 1 is 1.50 bits per heavy atom. The van der Waals surface area contributed by atoms with Crippen molar-refractivity contribution >= 4 is 27.6 Å². The molecule has 1 rings (SSSR count). The number of alkyl halides is 1. The van der Waals surface area contributed by atoms with Crippen LogP contribution in [-0.2, 0) is 16.0 Å². The average Bonchev–Trinajstić information content (AvgIpc) is 2.37. The highest BCUT2D eigenvalue weighted by Crippen LogP contribution is 2.26. The van der Waals surface area contributed by atoms with Crippen LogP contribution in [-0.4, -0.2) is 29.9 Å². The number of rotatable bonds is 5. The van der Waals surface area contributed by atoms with Gasteiger partial charge in [-0.25, -0.2) is 0 Å². The molecule has 0 radical (unpaired) electrons. The van der Waals surface area contributed by atoms with E-state index in [2.05, 4.69) is 20.7 Å². The summed E-state index contributed by atoms with van der Waals surface area (Å²) in [5.41, 5.74) is 0.523. The molecule has 0 aromatic heterocycles. The van der Waals surface area contributed by atoms with E-state index < -0.39 is 15.7 Å². The predicted molar refractivity (Wildman–Crippen MR) is 68.1 cm³/mol. The number of nitrogens with zero attached hydrogens (tertiary/aromatic N) is 1. The number of non-ortho nitro benzene ring substituents is 1. The van der Waals surface area contributed by atoms with Crippen molar-refractivity contribution < 1.29 is 19.2 Å². The number of halogens is 1. The minimum atomic E-state index is -0.571. The zero-order valence-corrected chi connectivity index (χ0v) is 11.5. The molecule has 6 nitrogen and oxygen atoms in total. The highest BCUT2D eigenvalue weighted by molar-refractivity contribution is 9.10. The van der Waals surface area contributed by atoms with E-state index in [1.165, 1.54) is 32.4 Å². The van der Waals surface area contributed by atoms with E-state index in [0.717, 1.165) is 0 Å². The topological polar surface area (TPSA) is 78.7 Å². The summed E-state index contributed by atoms with van der Waals surface area (Å²) >= 11 is 3.17. The second kappa shape index (κ2) is 6.34. The fourth-order valence-electron chi connectivity index (χ4n) is 1.44. The first-order valence-electron chi connectivity index (χ1n) is 5.02. The Labute approximate surface area is 112 Å². The van der Waals surface area contributed by atoms with Gasteiger partial charge in [0.1, 0.15) is 10.6 Å². The van der Waals surface area contributed by atoms with Gasteiger partial charge in [0.2, 0.25) is 0 Å². The van der Waals surface area contributed by atoms with Gasteiger partial charge in [-0.3, -0.25) is 14.9 Å². The van der Waals surface area contributed by atoms with Crippen LogP contribution in [0.3, 0.4) is 0 Å². The van der Waals surface area contributed by atoms with Gasteiger partial charge < -0.3 is 9.47 Å². The number of methoxy groups -OCH3 is 2. The number of nitro benzene ring substituents is 1. The second-order valence-corrected chi connectivity index (χ2v) is 4.55. The molecule has 1 aromatic carbocycles. The third-order valence-electron chi connectivity index (χ3n) is 2.33. The lowest BCUT2D eigenvalue weighted by Gasteiger charge is -2.11. The van der Waals surface area contributed by atoms with E-state index in [9.17, 15) is 14.9 Å². The van der Waals surface area contributed by atoms with Crippen molar-refractivity contribution in [2.45, 2.75) is 11.2 Å². The van der Waals surface area contributed by atoms with Crippen molar-refractivity contribution in [3.05, 3.63) is 33.9 Å². The van der Waals surface area contributed by atoms with Gasteiger partial charge in [-0.15, -0.1) is 0 Å². The van der Waals surface area contributed by atoms with E-state index in [1.54, 1.807) is 0 Å². The summed E-state index contributed by atoms with van der Waals surface area (Å²) in [6, 6.07) is 4.24. The summed E-state index contributed by atoms with van der Waals surface area (Å²) in [6.45, 7) is 0. The van der Waals surface area contributed by atoms with Crippen LogP contribution in [0.4, 0.5) is 5.69 Å². The van der Waals surface area contributed by atoms with Crippen molar-refractivity contribution in [2.75, 3.05) is 14.2 Å². The number of ether oxygens (including phenoxy) is 2. The quantitative estimate of drug-likeness (QED) is 0.359. The zero-order chi connectivity index (χ0) is 13.7. The lowest BCUT2D eigenvalue weighted by atomic mass is 10.1. The Balaban J connectivity index is 3.01. The molecule has 0 aliphatic heterocycles. The first kappa shape index (κ1) is 14.4. The average molecular weight is 318 g/mol. The monoisotopic (exact) mass is 317 g/mol. The molecule has 7 heteroatoms. The van der Waals surface area contributed by atoms with Crippen LogP contribution in [0.1, 0.15) is 5.56 Å². The highest BCUT2D eigenvalue weighted by atomic mass is 79.9. The van der Waals surface area contributed by atoms with Gasteiger partial charge in [0, 0.05) is 17.7 Å². The summed E-state index contributed by atoms with van der Waals surface area (Å²) in [4.78, 5) is 20.9. The van der Waals surface area contributed by atoms with Gasteiger partial charge in [0.05, 0.1) is 19.1 Å². The van der Waals surface area contributed by atoms with Crippen molar-refractivity contribution in [3.8, 4) is 5.75 Å². The first-order chi connectivity index (χ1) is 8.49. The number of benzene rings is 1. The highest BCUT2D eigenvalue weighted by Gasteiger charge is 2.20. The Morgan fingerprint density at radius 2 is 2.17 bits per heavy atom. The third kappa shape index (κ3) is 3.43. The molecule has 0 heterocycles. The maximum absolute atomic E-state index is 11.3. The summed E-state index contributed by atoms with van der Waals surface area (Å²) in [5, 5.41) is 10.7. The van der Waals surface area contributed by atoms with Gasteiger partial charge in [0.25, 0.3) is 5.69 Å². The van der Waals surface area contributed by atoms with E-state index in [4.69, 9.17) is 4.74 Å². The van der Waals surface area contributed by atoms with Gasteiger partial charge in [-0.2, -0.15) is 0 Å². The Kier molecular flexibility index (Phi) is 5.08. The zero-order valence-electron chi connectivity index (χ0n) is 9.88. The van der Waals surface area contributed by atoms with Crippen molar-refractivity contribution in [2.24, 2.45) is 0 Å². The summed E-state index contributed by atoms with van der Waals surface area (Å²) in [7, 11) is 2.74. The number of carbonyl (C=O) groups is 1. The van der Waals surface area contributed by atoms with Crippen molar-refractivity contribution in [3.63, 3.8) is 0 Å². The van der Waals surface area contributed by atoms with Gasteiger partial charge >= 0.3 is 5.97 Å². The van der Waals surface area contributed by atoms with Crippen LogP contribution in [0.5, 0.6) is 5.75 Å². The summed E-state index contributed by atoms with van der Waals surface area (Å²) in [5.74, 6) is 0.0533. The molecular weight excluding hydrogens is 306 g/mol. The van der Waals surface area contributed by atoms with Crippen molar-refractivity contribution in [1.82, 2.24) is 0 Å². The fourth-order valence-corrected chi connectivity index (χ4v) is 1.98. The minimum Gasteiger partial charge on any atom is -0.496 e. The molecule has 0 N–H and O–H groups in total. The number of hydrogen-bond acceptors (Lipinski definition) is 5. The van der Waals surface area contributed by atoms with Crippen LogP contribution >= 0.6 is 15.9 Å². The lowest BCUT2D eigenvalue weighted by molar-refractivity contribution is -0.384. The first-order valence-corrected chi connectivity index (χ1v) is 5.94. The fraction of sp³-hybridized carbons (Fsp3) is 0.364. The van der Waals surface area contributed by atoms with Crippen LogP contribution in [0.25, 0.3) is 0 Å². The molecule has 98 valence electrons. The largest absolute Gasteiger partial charge is 0.496 e. The molecule has 0 fully saturated rings. The molecule has 1 unspecified atom stereocenters. The molecule has 1 atom stereocenters. The Morgan fingerprint density at radius 3 is 2.67 bits per heavy atom. The van der Waals surface area contributed by atoms with E-state index >= 15 is 0 Å². The van der Waals surface area contributed by atoms with Crippen LogP contribution in [0.2, 0.25) is 0 Å². The lowest BCUT2D eigenvalue weighted by Crippen LogP contribution is -2.18. The van der Waals surface area contributed by atoms with Crippen LogP contribution in [0.15, 0.2) is 18.2 Å². The molecule has 0 aliphatic rings. The molecule has 18 heavy (non-hydrogen) atoms. The molecular formula is C11H12BrNO5. The maximum atomic E-state index is 11.3. The third-order valence-corrected chi connectivity index (χ3v) is 3.03. The molecule has 0 saturated heterocycles. The Bertz CT molecular complexity index is 463. The second-order valence-electron chi connectivity index (χ2n) is 3.45. The molecule has 0 saturated carbocycles.